The molecule has 0 spiro atoms. The number of carbonyl (C=O) groups excluding carboxylic acids is 1. The maximum atomic E-state index is 14.1. The zero-order valence-corrected chi connectivity index (χ0v) is 17.3. The third-order valence-electron chi connectivity index (χ3n) is 4.99. The van der Waals surface area contributed by atoms with Crippen molar-refractivity contribution in [1.29, 1.82) is 0 Å². The van der Waals surface area contributed by atoms with Gasteiger partial charge in [-0.25, -0.2) is 9.37 Å². The summed E-state index contributed by atoms with van der Waals surface area (Å²) in [6.07, 6.45) is 2.23. The number of thiazole rings is 1. The molecule has 30 heavy (non-hydrogen) atoms. The SMILES string of the molecule is O=C(c1ccccc1F)N(Cc1ccc(OCc2nc(CO)cs2)cc1)CC1CC1. The molecule has 0 unspecified atom stereocenters. The summed E-state index contributed by atoms with van der Waals surface area (Å²) in [7, 11) is 0. The number of ether oxygens (including phenoxy) is 1. The highest BCUT2D eigenvalue weighted by Crippen LogP contribution is 2.31. The number of aliphatic hydroxyl groups is 1. The summed E-state index contributed by atoms with van der Waals surface area (Å²) in [6.45, 7) is 1.33. The minimum absolute atomic E-state index is 0.0752. The Morgan fingerprint density at radius 2 is 1.97 bits per heavy atom. The van der Waals surface area contributed by atoms with E-state index in [4.69, 9.17) is 9.84 Å². The minimum atomic E-state index is -0.487. The van der Waals surface area contributed by atoms with Gasteiger partial charge in [-0.15, -0.1) is 11.3 Å². The Balaban J connectivity index is 1.40. The van der Waals surface area contributed by atoms with E-state index in [1.54, 1.807) is 17.0 Å². The van der Waals surface area contributed by atoms with Crippen LogP contribution in [0.4, 0.5) is 4.39 Å². The maximum Gasteiger partial charge on any atom is 0.257 e. The fourth-order valence-corrected chi connectivity index (χ4v) is 3.88. The van der Waals surface area contributed by atoms with Crippen molar-refractivity contribution in [3.8, 4) is 5.75 Å². The van der Waals surface area contributed by atoms with Gasteiger partial charge in [0.25, 0.3) is 5.91 Å². The number of halogens is 1. The largest absolute Gasteiger partial charge is 0.486 e. The molecule has 1 fully saturated rings. The molecule has 7 heteroatoms. The molecule has 1 aliphatic carbocycles. The number of aromatic nitrogens is 1. The minimum Gasteiger partial charge on any atom is -0.486 e. The lowest BCUT2D eigenvalue weighted by Gasteiger charge is -2.23. The number of carbonyl (C=O) groups is 1. The number of amides is 1. The molecule has 1 aliphatic rings. The molecule has 4 rings (SSSR count). The number of hydrogen-bond donors (Lipinski definition) is 1. The van der Waals surface area contributed by atoms with Gasteiger partial charge in [0.05, 0.1) is 17.9 Å². The van der Waals surface area contributed by atoms with Crippen LogP contribution < -0.4 is 4.74 Å². The third-order valence-corrected chi connectivity index (χ3v) is 5.86. The van der Waals surface area contributed by atoms with Crippen LogP contribution in [0.15, 0.2) is 53.9 Å². The molecule has 156 valence electrons. The van der Waals surface area contributed by atoms with Crippen molar-refractivity contribution >= 4 is 17.2 Å². The Bertz CT molecular complexity index is 1000. The van der Waals surface area contributed by atoms with Crippen molar-refractivity contribution in [1.82, 2.24) is 9.88 Å². The third kappa shape index (κ3) is 5.23. The van der Waals surface area contributed by atoms with E-state index in [0.29, 0.717) is 37.1 Å². The van der Waals surface area contributed by atoms with E-state index in [0.717, 1.165) is 23.4 Å². The van der Waals surface area contributed by atoms with Crippen LogP contribution in [0.1, 0.15) is 39.5 Å². The second-order valence-corrected chi connectivity index (χ2v) is 8.37. The van der Waals surface area contributed by atoms with Gasteiger partial charge in [-0.2, -0.15) is 0 Å². The lowest BCUT2D eigenvalue weighted by molar-refractivity contribution is 0.0730. The Kier molecular flexibility index (Phi) is 6.40. The first-order chi connectivity index (χ1) is 14.6. The molecule has 3 aromatic rings. The highest BCUT2D eigenvalue weighted by molar-refractivity contribution is 7.09. The van der Waals surface area contributed by atoms with Crippen LogP contribution in [0.25, 0.3) is 0 Å². The van der Waals surface area contributed by atoms with Gasteiger partial charge < -0.3 is 14.7 Å². The second-order valence-electron chi connectivity index (χ2n) is 7.43. The lowest BCUT2D eigenvalue weighted by atomic mass is 10.1. The van der Waals surface area contributed by atoms with Gasteiger partial charge in [0.2, 0.25) is 0 Å². The predicted molar refractivity (Wildman–Crippen MR) is 113 cm³/mol. The quantitative estimate of drug-likeness (QED) is 0.551. The van der Waals surface area contributed by atoms with Crippen LogP contribution in [0.2, 0.25) is 0 Å². The standard InChI is InChI=1S/C23H23FN2O3S/c24-21-4-2-1-3-20(21)23(28)26(11-16-5-6-16)12-17-7-9-19(10-8-17)29-14-22-25-18(13-27)15-30-22/h1-4,7-10,15-16,27H,5-6,11-14H2. The normalized spacial score (nSPS) is 13.3. The van der Waals surface area contributed by atoms with E-state index < -0.39 is 5.82 Å². The Morgan fingerprint density at radius 1 is 1.20 bits per heavy atom. The zero-order chi connectivity index (χ0) is 20.9. The van der Waals surface area contributed by atoms with Gasteiger partial charge in [0.15, 0.2) is 0 Å². The van der Waals surface area contributed by atoms with Crippen molar-refractivity contribution in [3.63, 3.8) is 0 Å². The topological polar surface area (TPSA) is 62.7 Å². The molecule has 1 N–H and O–H groups in total. The first kappa shape index (κ1) is 20.5. The summed E-state index contributed by atoms with van der Waals surface area (Å²) in [5.74, 6) is 0.446. The van der Waals surface area contributed by atoms with Gasteiger partial charge in [-0.3, -0.25) is 4.79 Å². The Labute approximate surface area is 178 Å². The molecule has 0 radical (unpaired) electrons. The molecular weight excluding hydrogens is 403 g/mol. The average molecular weight is 427 g/mol. The van der Waals surface area contributed by atoms with Gasteiger partial charge in [0, 0.05) is 18.5 Å². The molecular formula is C23H23FN2O3S. The fourth-order valence-electron chi connectivity index (χ4n) is 3.18. The van der Waals surface area contributed by atoms with Crippen molar-refractivity contribution in [2.45, 2.75) is 32.6 Å². The lowest BCUT2D eigenvalue weighted by Crippen LogP contribution is -2.33. The van der Waals surface area contributed by atoms with Gasteiger partial charge in [-0.1, -0.05) is 24.3 Å². The van der Waals surface area contributed by atoms with Crippen LogP contribution in [0.5, 0.6) is 5.75 Å². The van der Waals surface area contributed by atoms with Gasteiger partial charge in [-0.05, 0) is 48.6 Å². The summed E-state index contributed by atoms with van der Waals surface area (Å²) in [5, 5.41) is 11.7. The second kappa shape index (κ2) is 9.36. The smallest absolute Gasteiger partial charge is 0.257 e. The van der Waals surface area contributed by atoms with E-state index in [1.165, 1.54) is 23.5 Å². The highest BCUT2D eigenvalue weighted by atomic mass is 32.1. The van der Waals surface area contributed by atoms with Crippen molar-refractivity contribution in [2.75, 3.05) is 6.54 Å². The summed E-state index contributed by atoms with van der Waals surface area (Å²) in [4.78, 5) is 18.9. The van der Waals surface area contributed by atoms with Gasteiger partial charge >= 0.3 is 0 Å². The number of nitrogens with zero attached hydrogens (tertiary/aromatic N) is 2. The van der Waals surface area contributed by atoms with E-state index >= 15 is 0 Å². The molecule has 0 aliphatic heterocycles. The molecule has 5 nitrogen and oxygen atoms in total. The van der Waals surface area contributed by atoms with Crippen molar-refractivity contribution < 1.29 is 19.0 Å². The molecule has 2 aromatic carbocycles. The molecule has 1 amide bonds. The summed E-state index contributed by atoms with van der Waals surface area (Å²) in [6, 6.07) is 13.7. The predicted octanol–water partition coefficient (Wildman–Crippen LogP) is 4.41. The maximum absolute atomic E-state index is 14.1. The molecule has 1 aromatic heterocycles. The number of hydrogen-bond acceptors (Lipinski definition) is 5. The van der Waals surface area contributed by atoms with Crippen LogP contribution >= 0.6 is 11.3 Å². The fraction of sp³-hybridized carbons (Fsp3) is 0.304. The van der Waals surface area contributed by atoms with E-state index in [1.807, 2.05) is 29.6 Å². The highest BCUT2D eigenvalue weighted by Gasteiger charge is 2.28. The molecule has 1 heterocycles. The van der Waals surface area contributed by atoms with Crippen LogP contribution in [0.3, 0.4) is 0 Å². The zero-order valence-electron chi connectivity index (χ0n) is 16.5. The monoisotopic (exact) mass is 426 g/mol. The van der Waals surface area contributed by atoms with Crippen molar-refractivity contribution in [3.05, 3.63) is 81.6 Å². The molecule has 0 saturated heterocycles. The Hall–Kier alpha value is -2.77. The number of benzene rings is 2. The number of aliphatic hydroxyl groups excluding tert-OH is 1. The first-order valence-electron chi connectivity index (χ1n) is 9.92. The van der Waals surface area contributed by atoms with E-state index in [2.05, 4.69) is 4.98 Å². The van der Waals surface area contributed by atoms with E-state index in [-0.39, 0.29) is 18.1 Å². The molecule has 0 atom stereocenters. The summed E-state index contributed by atoms with van der Waals surface area (Å²) < 4.78 is 19.9. The van der Waals surface area contributed by atoms with Crippen LogP contribution in [0, 0.1) is 11.7 Å². The number of rotatable bonds is 9. The molecule has 0 bridgehead atoms. The molecule has 1 saturated carbocycles. The van der Waals surface area contributed by atoms with Crippen LogP contribution in [-0.4, -0.2) is 27.4 Å². The summed E-state index contributed by atoms with van der Waals surface area (Å²) in [5.41, 5.74) is 1.72. The Morgan fingerprint density at radius 3 is 2.63 bits per heavy atom. The summed E-state index contributed by atoms with van der Waals surface area (Å²) >= 11 is 1.45. The average Bonchev–Trinajstić information content (AvgIpc) is 3.47. The van der Waals surface area contributed by atoms with Crippen LogP contribution in [-0.2, 0) is 19.8 Å². The van der Waals surface area contributed by atoms with Gasteiger partial charge in [0.1, 0.15) is 23.2 Å². The first-order valence-corrected chi connectivity index (χ1v) is 10.8. The van der Waals surface area contributed by atoms with E-state index in [9.17, 15) is 9.18 Å². The van der Waals surface area contributed by atoms with Crippen molar-refractivity contribution in [2.24, 2.45) is 5.92 Å².